The lowest BCUT2D eigenvalue weighted by molar-refractivity contribution is -0.140. The van der Waals surface area contributed by atoms with Crippen LogP contribution in [0.15, 0.2) is 54.6 Å². The van der Waals surface area contributed by atoms with Crippen molar-refractivity contribution < 1.29 is 14.4 Å². The molecule has 6 nitrogen and oxygen atoms in total. The van der Waals surface area contributed by atoms with E-state index in [1.165, 1.54) is 17.4 Å². The van der Waals surface area contributed by atoms with E-state index >= 15 is 0 Å². The molecule has 3 amide bonds. The van der Waals surface area contributed by atoms with Crippen molar-refractivity contribution in [1.29, 1.82) is 0 Å². The fourth-order valence-electron chi connectivity index (χ4n) is 5.04. The van der Waals surface area contributed by atoms with E-state index in [4.69, 9.17) is 0 Å². The number of imide groups is 1. The molecule has 4 rings (SSSR count). The molecule has 2 aliphatic rings. The Hall–Kier alpha value is -2.99. The minimum atomic E-state index is -0.717. The molecule has 2 fully saturated rings. The molecule has 0 aliphatic carbocycles. The Morgan fingerprint density at radius 1 is 1.00 bits per heavy atom. The van der Waals surface area contributed by atoms with Crippen LogP contribution in [0, 0.1) is 0 Å². The van der Waals surface area contributed by atoms with E-state index in [9.17, 15) is 14.4 Å². The van der Waals surface area contributed by atoms with E-state index in [0.29, 0.717) is 11.6 Å². The first-order chi connectivity index (χ1) is 15.8. The van der Waals surface area contributed by atoms with E-state index in [1.807, 2.05) is 42.5 Å². The highest BCUT2D eigenvalue weighted by Crippen LogP contribution is 2.30. The number of carbonyl (C=O) groups is 3. The van der Waals surface area contributed by atoms with E-state index in [2.05, 4.69) is 30.9 Å². The number of hydrogen-bond acceptors (Lipinski definition) is 4. The minimum Gasteiger partial charge on any atom is -0.327 e. The second kappa shape index (κ2) is 9.87. The smallest absolute Gasteiger partial charge is 0.257 e. The molecule has 1 unspecified atom stereocenters. The van der Waals surface area contributed by atoms with Crippen LogP contribution in [-0.2, 0) is 20.9 Å². The van der Waals surface area contributed by atoms with Crippen LogP contribution in [0.3, 0.4) is 0 Å². The van der Waals surface area contributed by atoms with E-state index in [-0.39, 0.29) is 30.2 Å². The Balaban J connectivity index is 1.44. The van der Waals surface area contributed by atoms with Gasteiger partial charge in [-0.2, -0.15) is 0 Å². The van der Waals surface area contributed by atoms with Crippen molar-refractivity contribution in [1.82, 2.24) is 9.80 Å². The molecule has 0 N–H and O–H groups in total. The number of piperidine rings is 1. The van der Waals surface area contributed by atoms with Crippen LogP contribution in [-0.4, -0.2) is 52.7 Å². The number of hydrogen-bond donors (Lipinski definition) is 0. The van der Waals surface area contributed by atoms with Gasteiger partial charge in [0.2, 0.25) is 11.8 Å². The molecule has 0 radical (unpaired) electrons. The highest BCUT2D eigenvalue weighted by molar-refractivity contribution is 6.23. The van der Waals surface area contributed by atoms with Crippen LogP contribution in [0.1, 0.15) is 57.1 Å². The summed E-state index contributed by atoms with van der Waals surface area (Å²) >= 11 is 0. The third-order valence-corrected chi connectivity index (χ3v) is 6.84. The number of carbonyl (C=O) groups excluding carboxylic acids is 3. The average Bonchev–Trinajstić information content (AvgIpc) is 3.09. The predicted octanol–water partition coefficient (Wildman–Crippen LogP) is 3.96. The van der Waals surface area contributed by atoms with Crippen LogP contribution < -0.4 is 4.90 Å². The summed E-state index contributed by atoms with van der Waals surface area (Å²) in [7, 11) is 0. The van der Waals surface area contributed by atoms with Crippen LogP contribution in [0.4, 0.5) is 5.69 Å². The lowest BCUT2D eigenvalue weighted by atomic mass is 9.99. The largest absolute Gasteiger partial charge is 0.327 e. The zero-order valence-corrected chi connectivity index (χ0v) is 19.7. The molecular weight excluding hydrogens is 414 g/mol. The highest BCUT2D eigenvalue weighted by Gasteiger charge is 2.46. The van der Waals surface area contributed by atoms with Gasteiger partial charge in [-0.05, 0) is 42.0 Å². The van der Waals surface area contributed by atoms with Gasteiger partial charge in [-0.15, -0.1) is 0 Å². The van der Waals surface area contributed by atoms with E-state index in [0.717, 1.165) is 38.0 Å². The van der Waals surface area contributed by atoms with Gasteiger partial charge in [0, 0.05) is 32.6 Å². The maximum atomic E-state index is 13.3. The Morgan fingerprint density at radius 3 is 2.21 bits per heavy atom. The Morgan fingerprint density at radius 2 is 1.64 bits per heavy atom. The van der Waals surface area contributed by atoms with Crippen LogP contribution in [0.25, 0.3) is 0 Å². The first kappa shape index (κ1) is 23.2. The van der Waals surface area contributed by atoms with Crippen molar-refractivity contribution in [3.05, 3.63) is 65.7 Å². The summed E-state index contributed by atoms with van der Waals surface area (Å²) in [6, 6.07) is 17.2. The van der Waals surface area contributed by atoms with Gasteiger partial charge in [-0.1, -0.05) is 56.3 Å². The molecule has 33 heavy (non-hydrogen) atoms. The van der Waals surface area contributed by atoms with Crippen molar-refractivity contribution in [3.8, 4) is 0 Å². The normalized spacial score (nSPS) is 20.0. The number of nitrogens with zero attached hydrogens (tertiary/aromatic N) is 3. The second-order valence-electron chi connectivity index (χ2n) is 9.45. The molecule has 2 aromatic rings. The first-order valence-corrected chi connectivity index (χ1v) is 11.9. The molecule has 0 aromatic heterocycles. The van der Waals surface area contributed by atoms with Gasteiger partial charge < -0.3 is 4.90 Å². The molecule has 2 aliphatic heterocycles. The summed E-state index contributed by atoms with van der Waals surface area (Å²) in [4.78, 5) is 44.1. The molecule has 0 saturated carbocycles. The van der Waals surface area contributed by atoms with Crippen LogP contribution in [0.5, 0.6) is 0 Å². The Kier molecular flexibility index (Phi) is 6.94. The standard InChI is InChI=1S/C27H33N3O3/c1-19(2)22-9-11-23(12-10-22)30-26(32)17-25(27(30)33)29(20(3)31)24-13-15-28(16-14-24)18-21-7-5-4-6-8-21/h4-12,19,24-25H,13-18H2,1-3H3. The number of amides is 3. The fourth-order valence-corrected chi connectivity index (χ4v) is 5.04. The SMILES string of the molecule is CC(=O)N(C1CCN(Cc2ccccc2)CC1)C1CC(=O)N(c2ccc(C(C)C)cc2)C1=O. The molecule has 1 atom stereocenters. The zero-order chi connectivity index (χ0) is 23.5. The van der Waals surface area contributed by atoms with Gasteiger partial charge in [0.05, 0.1) is 12.1 Å². The van der Waals surface area contributed by atoms with Crippen molar-refractivity contribution >= 4 is 23.4 Å². The first-order valence-electron chi connectivity index (χ1n) is 11.9. The maximum Gasteiger partial charge on any atom is 0.257 e. The van der Waals surface area contributed by atoms with Crippen LogP contribution >= 0.6 is 0 Å². The predicted molar refractivity (Wildman–Crippen MR) is 129 cm³/mol. The number of rotatable bonds is 6. The van der Waals surface area contributed by atoms with Crippen molar-refractivity contribution in [3.63, 3.8) is 0 Å². The van der Waals surface area contributed by atoms with Crippen molar-refractivity contribution in [2.45, 2.75) is 64.6 Å². The summed E-state index contributed by atoms with van der Waals surface area (Å²) in [6.07, 6.45) is 1.65. The lowest BCUT2D eigenvalue weighted by Crippen LogP contribution is -2.53. The average molecular weight is 448 g/mol. The summed E-state index contributed by atoms with van der Waals surface area (Å²) in [5, 5.41) is 0. The van der Waals surface area contributed by atoms with E-state index < -0.39 is 6.04 Å². The maximum absolute atomic E-state index is 13.3. The van der Waals surface area contributed by atoms with Gasteiger partial charge in [0.1, 0.15) is 6.04 Å². The van der Waals surface area contributed by atoms with Crippen molar-refractivity contribution in [2.75, 3.05) is 18.0 Å². The quantitative estimate of drug-likeness (QED) is 0.629. The third-order valence-electron chi connectivity index (χ3n) is 6.84. The number of benzene rings is 2. The van der Waals surface area contributed by atoms with Gasteiger partial charge in [0.25, 0.3) is 5.91 Å². The van der Waals surface area contributed by atoms with Crippen molar-refractivity contribution in [2.24, 2.45) is 0 Å². The summed E-state index contributed by atoms with van der Waals surface area (Å²) in [5.74, 6) is -0.299. The number of likely N-dealkylation sites (tertiary alicyclic amines) is 1. The molecule has 2 heterocycles. The minimum absolute atomic E-state index is 0.0282. The van der Waals surface area contributed by atoms with Gasteiger partial charge in [-0.3, -0.25) is 19.3 Å². The van der Waals surface area contributed by atoms with Gasteiger partial charge in [-0.25, -0.2) is 4.90 Å². The molecule has 2 saturated heterocycles. The van der Waals surface area contributed by atoms with Gasteiger partial charge in [0.15, 0.2) is 0 Å². The molecule has 2 aromatic carbocycles. The topological polar surface area (TPSA) is 60.9 Å². The molecule has 174 valence electrons. The molecule has 0 spiro atoms. The molecule has 6 heteroatoms. The fraction of sp³-hybridized carbons (Fsp3) is 0.444. The summed E-state index contributed by atoms with van der Waals surface area (Å²) < 4.78 is 0. The summed E-state index contributed by atoms with van der Waals surface area (Å²) in [5.41, 5.74) is 3.01. The van der Waals surface area contributed by atoms with E-state index in [1.54, 1.807) is 4.90 Å². The lowest BCUT2D eigenvalue weighted by Gasteiger charge is -2.40. The van der Waals surface area contributed by atoms with Crippen LogP contribution in [0.2, 0.25) is 0 Å². The monoisotopic (exact) mass is 447 g/mol. The Labute approximate surface area is 196 Å². The molecular formula is C27H33N3O3. The number of anilines is 1. The third kappa shape index (κ3) is 5.01. The molecule has 0 bridgehead atoms. The second-order valence-corrected chi connectivity index (χ2v) is 9.45. The highest BCUT2D eigenvalue weighted by atomic mass is 16.2. The Bertz CT molecular complexity index is 995. The van der Waals surface area contributed by atoms with Gasteiger partial charge >= 0.3 is 0 Å². The summed E-state index contributed by atoms with van der Waals surface area (Å²) in [6.45, 7) is 8.32. The zero-order valence-electron chi connectivity index (χ0n) is 19.7.